The highest BCUT2D eigenvalue weighted by Crippen LogP contribution is 2.25. The maximum atomic E-state index is 6.11. The molecule has 0 saturated carbocycles. The average molecular weight is 327 g/mol. The molecule has 0 aromatic heterocycles. The molecule has 3 nitrogen and oxygen atoms in total. The van der Waals surface area contributed by atoms with Crippen molar-refractivity contribution in [1.29, 1.82) is 0 Å². The Morgan fingerprint density at radius 2 is 1.04 bits per heavy atom. The fourth-order valence-corrected chi connectivity index (χ4v) is 2.55. The van der Waals surface area contributed by atoms with Gasteiger partial charge in [0.1, 0.15) is 0 Å². The third kappa shape index (κ3) is 4.09. The van der Waals surface area contributed by atoms with Crippen LogP contribution in [0.1, 0.15) is 22.3 Å². The van der Waals surface area contributed by atoms with Crippen LogP contribution in [-0.4, -0.2) is 0 Å². The van der Waals surface area contributed by atoms with Crippen molar-refractivity contribution in [2.24, 2.45) is 0 Å². The van der Waals surface area contributed by atoms with Gasteiger partial charge in [-0.3, -0.25) is 0 Å². The predicted molar refractivity (Wildman–Crippen MR) is 110 cm³/mol. The largest absolute Gasteiger partial charge is 0.398 e. The van der Waals surface area contributed by atoms with E-state index < -0.39 is 0 Å². The lowest BCUT2D eigenvalue weighted by atomic mass is 10.0. The van der Waals surface area contributed by atoms with Gasteiger partial charge in [-0.2, -0.15) is 0 Å². The lowest BCUT2D eigenvalue weighted by Crippen LogP contribution is -1.96. The quantitative estimate of drug-likeness (QED) is 0.477. The van der Waals surface area contributed by atoms with Gasteiger partial charge in [-0.1, -0.05) is 72.8 Å². The molecular formula is C22H21N3. The summed E-state index contributed by atoms with van der Waals surface area (Å²) in [6, 6.07) is 21.6. The Balaban J connectivity index is 1.91. The van der Waals surface area contributed by atoms with Crippen LogP contribution in [0.25, 0.3) is 24.3 Å². The van der Waals surface area contributed by atoms with Gasteiger partial charge in [0, 0.05) is 17.1 Å². The molecule has 0 saturated heterocycles. The van der Waals surface area contributed by atoms with E-state index in [1.165, 1.54) is 0 Å². The third-order valence-corrected chi connectivity index (χ3v) is 3.98. The minimum Gasteiger partial charge on any atom is -0.398 e. The number of anilines is 3. The van der Waals surface area contributed by atoms with Crippen molar-refractivity contribution in [3.8, 4) is 0 Å². The Bertz CT molecular complexity index is 925. The smallest absolute Gasteiger partial charge is 0.0408 e. The molecule has 124 valence electrons. The van der Waals surface area contributed by atoms with Gasteiger partial charge in [-0.15, -0.1) is 0 Å². The minimum atomic E-state index is 0.639. The summed E-state index contributed by atoms with van der Waals surface area (Å²) in [5.41, 5.74) is 24.1. The van der Waals surface area contributed by atoms with Crippen molar-refractivity contribution in [3.63, 3.8) is 0 Å². The number of benzene rings is 3. The number of hydrogen-bond donors (Lipinski definition) is 3. The molecule has 0 amide bonds. The summed E-state index contributed by atoms with van der Waals surface area (Å²) < 4.78 is 0. The number of nitrogens with two attached hydrogens (primary N) is 3. The summed E-state index contributed by atoms with van der Waals surface area (Å²) in [7, 11) is 0. The first-order valence-corrected chi connectivity index (χ1v) is 8.08. The van der Waals surface area contributed by atoms with Gasteiger partial charge < -0.3 is 17.2 Å². The standard InChI is InChI=1S/C22H21N3/c23-20-9-5-4-8-17(20)12-13-19-14-18(21(24)15-22(19)25)11-10-16-6-2-1-3-7-16/h1-15H,23-25H2. The van der Waals surface area contributed by atoms with E-state index in [0.717, 1.165) is 27.9 Å². The van der Waals surface area contributed by atoms with Gasteiger partial charge in [0.25, 0.3) is 0 Å². The van der Waals surface area contributed by atoms with Gasteiger partial charge in [-0.05, 0) is 40.5 Å². The molecule has 0 fully saturated rings. The molecule has 0 aliphatic heterocycles. The second-order valence-corrected chi connectivity index (χ2v) is 5.82. The van der Waals surface area contributed by atoms with Crippen LogP contribution in [-0.2, 0) is 0 Å². The van der Waals surface area contributed by atoms with Crippen LogP contribution in [0.5, 0.6) is 0 Å². The average Bonchev–Trinajstić information content (AvgIpc) is 2.62. The molecule has 0 spiro atoms. The highest BCUT2D eigenvalue weighted by atomic mass is 14.6. The van der Waals surface area contributed by atoms with Crippen LogP contribution < -0.4 is 17.2 Å². The van der Waals surface area contributed by atoms with Crippen LogP contribution in [0.3, 0.4) is 0 Å². The van der Waals surface area contributed by atoms with Gasteiger partial charge in [0.05, 0.1) is 0 Å². The minimum absolute atomic E-state index is 0.639. The van der Waals surface area contributed by atoms with Crippen LogP contribution in [0.15, 0.2) is 66.7 Å². The number of para-hydroxylation sites is 1. The Kier molecular flexibility index (Phi) is 4.86. The van der Waals surface area contributed by atoms with Crippen molar-refractivity contribution >= 4 is 41.4 Å². The predicted octanol–water partition coefficient (Wildman–Crippen LogP) is 4.77. The zero-order valence-corrected chi connectivity index (χ0v) is 13.9. The number of nitrogen functional groups attached to an aromatic ring is 3. The van der Waals surface area contributed by atoms with Gasteiger partial charge in [0.15, 0.2) is 0 Å². The first-order valence-electron chi connectivity index (χ1n) is 8.08. The van der Waals surface area contributed by atoms with E-state index in [0.29, 0.717) is 11.4 Å². The monoisotopic (exact) mass is 327 g/mol. The van der Waals surface area contributed by atoms with Crippen LogP contribution in [0, 0.1) is 0 Å². The van der Waals surface area contributed by atoms with Gasteiger partial charge in [-0.25, -0.2) is 0 Å². The Morgan fingerprint density at radius 1 is 0.480 bits per heavy atom. The summed E-state index contributed by atoms with van der Waals surface area (Å²) in [5.74, 6) is 0. The number of rotatable bonds is 4. The fourth-order valence-electron chi connectivity index (χ4n) is 2.55. The Labute approximate surface area is 148 Å². The summed E-state index contributed by atoms with van der Waals surface area (Å²) in [6.45, 7) is 0. The molecule has 6 N–H and O–H groups in total. The summed E-state index contributed by atoms with van der Waals surface area (Å²) in [6.07, 6.45) is 7.95. The summed E-state index contributed by atoms with van der Waals surface area (Å²) in [5, 5.41) is 0. The van der Waals surface area contributed by atoms with Crippen molar-refractivity contribution in [3.05, 3.63) is 89.0 Å². The third-order valence-electron chi connectivity index (χ3n) is 3.98. The Morgan fingerprint density at radius 3 is 1.72 bits per heavy atom. The lowest BCUT2D eigenvalue weighted by molar-refractivity contribution is 1.59. The van der Waals surface area contributed by atoms with Crippen LogP contribution >= 0.6 is 0 Å². The molecule has 0 radical (unpaired) electrons. The van der Waals surface area contributed by atoms with E-state index in [4.69, 9.17) is 17.2 Å². The first-order chi connectivity index (χ1) is 12.1. The molecule has 0 unspecified atom stereocenters. The Hall–Kier alpha value is -3.46. The van der Waals surface area contributed by atoms with Gasteiger partial charge >= 0.3 is 0 Å². The van der Waals surface area contributed by atoms with Crippen molar-refractivity contribution in [2.75, 3.05) is 17.2 Å². The molecule has 0 aliphatic rings. The van der Waals surface area contributed by atoms with E-state index >= 15 is 0 Å². The van der Waals surface area contributed by atoms with E-state index in [9.17, 15) is 0 Å². The molecule has 3 aromatic rings. The van der Waals surface area contributed by atoms with E-state index in [-0.39, 0.29) is 0 Å². The van der Waals surface area contributed by atoms with E-state index in [2.05, 4.69) is 0 Å². The van der Waals surface area contributed by atoms with E-state index in [1.54, 1.807) is 6.07 Å². The molecule has 0 atom stereocenters. The molecule has 3 aromatic carbocycles. The summed E-state index contributed by atoms with van der Waals surface area (Å²) >= 11 is 0. The molecule has 0 bridgehead atoms. The highest BCUT2D eigenvalue weighted by molar-refractivity contribution is 5.85. The van der Waals surface area contributed by atoms with Crippen molar-refractivity contribution in [2.45, 2.75) is 0 Å². The lowest BCUT2D eigenvalue weighted by Gasteiger charge is -2.07. The molecule has 0 heterocycles. The second-order valence-electron chi connectivity index (χ2n) is 5.82. The van der Waals surface area contributed by atoms with Crippen molar-refractivity contribution in [1.82, 2.24) is 0 Å². The van der Waals surface area contributed by atoms with E-state index in [1.807, 2.05) is 85.0 Å². The van der Waals surface area contributed by atoms with Crippen LogP contribution in [0.2, 0.25) is 0 Å². The zero-order chi connectivity index (χ0) is 17.6. The maximum absolute atomic E-state index is 6.11. The van der Waals surface area contributed by atoms with Crippen LogP contribution in [0.4, 0.5) is 17.1 Å². The zero-order valence-electron chi connectivity index (χ0n) is 13.9. The SMILES string of the molecule is Nc1ccccc1C=Cc1cc(C=Cc2ccccc2)c(N)cc1N. The highest BCUT2D eigenvalue weighted by Gasteiger charge is 2.02. The molecule has 0 aliphatic carbocycles. The molecular weight excluding hydrogens is 306 g/mol. The number of hydrogen-bond acceptors (Lipinski definition) is 3. The molecule has 25 heavy (non-hydrogen) atoms. The topological polar surface area (TPSA) is 78.1 Å². The normalized spacial score (nSPS) is 11.4. The molecule has 3 rings (SSSR count). The summed E-state index contributed by atoms with van der Waals surface area (Å²) in [4.78, 5) is 0. The fraction of sp³-hybridized carbons (Fsp3) is 0. The second kappa shape index (κ2) is 7.41. The first kappa shape index (κ1) is 16.4. The van der Waals surface area contributed by atoms with Crippen molar-refractivity contribution < 1.29 is 0 Å². The van der Waals surface area contributed by atoms with Gasteiger partial charge in [0.2, 0.25) is 0 Å². The molecule has 3 heteroatoms. The maximum Gasteiger partial charge on any atom is 0.0408 e.